The van der Waals surface area contributed by atoms with Crippen molar-refractivity contribution >= 4 is 0 Å². The largest absolute Gasteiger partial charge is 0.444 e. The second kappa shape index (κ2) is 7.05. The highest BCUT2D eigenvalue weighted by Crippen LogP contribution is 2.34. The van der Waals surface area contributed by atoms with Crippen molar-refractivity contribution in [1.29, 1.82) is 0 Å². The Balaban J connectivity index is 1.34. The Morgan fingerprint density at radius 3 is 2.79 bits per heavy atom. The highest BCUT2D eigenvalue weighted by molar-refractivity contribution is 5.52. The number of hydrogen-bond acceptors (Lipinski definition) is 5. The van der Waals surface area contributed by atoms with Gasteiger partial charge in [0, 0.05) is 38.0 Å². The molecule has 0 unspecified atom stereocenters. The fourth-order valence-corrected chi connectivity index (χ4v) is 3.64. The van der Waals surface area contributed by atoms with Gasteiger partial charge in [0.15, 0.2) is 0 Å². The van der Waals surface area contributed by atoms with Crippen molar-refractivity contribution in [2.45, 2.75) is 43.9 Å². The molecule has 0 amide bonds. The third-order valence-corrected chi connectivity index (χ3v) is 5.04. The summed E-state index contributed by atoms with van der Waals surface area (Å²) in [6, 6.07) is 10.5. The molecule has 1 aromatic carbocycles. The standard InChI is InChI=1S/C19H24N2O3/c1-2-4-15(5-3-1)18-21-17(14-23-18)13-20-16-6-9-24-19(12-16)7-10-22-11-8-19/h1-5,14,16,20H,6-13H2/t16-/m1/s1. The van der Waals surface area contributed by atoms with Crippen molar-refractivity contribution in [3.8, 4) is 11.5 Å². The lowest BCUT2D eigenvalue weighted by atomic mass is 9.84. The molecule has 2 aliphatic rings. The minimum Gasteiger partial charge on any atom is -0.444 e. The van der Waals surface area contributed by atoms with Gasteiger partial charge in [-0.15, -0.1) is 0 Å². The zero-order valence-electron chi connectivity index (χ0n) is 13.9. The predicted molar refractivity (Wildman–Crippen MR) is 90.5 cm³/mol. The molecule has 24 heavy (non-hydrogen) atoms. The topological polar surface area (TPSA) is 56.5 Å². The first-order valence-electron chi connectivity index (χ1n) is 8.78. The number of aromatic nitrogens is 1. The molecule has 1 atom stereocenters. The van der Waals surface area contributed by atoms with E-state index in [2.05, 4.69) is 10.3 Å². The summed E-state index contributed by atoms with van der Waals surface area (Å²) < 4.78 is 17.2. The maximum Gasteiger partial charge on any atom is 0.226 e. The van der Waals surface area contributed by atoms with E-state index in [4.69, 9.17) is 13.9 Å². The summed E-state index contributed by atoms with van der Waals surface area (Å²) >= 11 is 0. The van der Waals surface area contributed by atoms with Gasteiger partial charge >= 0.3 is 0 Å². The van der Waals surface area contributed by atoms with Gasteiger partial charge in [0.05, 0.1) is 11.3 Å². The molecule has 2 aliphatic heterocycles. The van der Waals surface area contributed by atoms with E-state index >= 15 is 0 Å². The molecule has 128 valence electrons. The summed E-state index contributed by atoms with van der Waals surface area (Å²) in [6.07, 6.45) is 5.87. The second-order valence-corrected chi connectivity index (χ2v) is 6.72. The predicted octanol–water partition coefficient (Wildman–Crippen LogP) is 3.16. The van der Waals surface area contributed by atoms with Crippen LogP contribution < -0.4 is 5.32 Å². The van der Waals surface area contributed by atoms with Crippen molar-refractivity contribution in [2.75, 3.05) is 19.8 Å². The zero-order chi connectivity index (χ0) is 16.2. The molecule has 5 heteroatoms. The van der Waals surface area contributed by atoms with Crippen LogP contribution in [0.15, 0.2) is 41.0 Å². The van der Waals surface area contributed by atoms with Crippen molar-refractivity contribution in [3.05, 3.63) is 42.3 Å². The zero-order valence-corrected chi connectivity index (χ0v) is 13.9. The molecule has 2 fully saturated rings. The smallest absolute Gasteiger partial charge is 0.226 e. The summed E-state index contributed by atoms with van der Waals surface area (Å²) in [5, 5.41) is 3.63. The first kappa shape index (κ1) is 15.8. The minimum atomic E-state index is 0.0210. The molecule has 3 heterocycles. The molecule has 2 saturated heterocycles. The Kier molecular flexibility index (Phi) is 4.65. The van der Waals surface area contributed by atoms with Crippen LogP contribution in [0.2, 0.25) is 0 Å². The quantitative estimate of drug-likeness (QED) is 0.934. The molecular weight excluding hydrogens is 304 g/mol. The number of nitrogens with zero attached hydrogens (tertiary/aromatic N) is 1. The summed E-state index contributed by atoms with van der Waals surface area (Å²) in [5.41, 5.74) is 1.98. The SMILES string of the molecule is c1ccc(-c2nc(CN[C@@H]3CCOC4(CCOCC4)C3)co2)cc1. The molecule has 1 spiro atoms. The Labute approximate surface area is 142 Å². The van der Waals surface area contributed by atoms with Crippen molar-refractivity contribution in [1.82, 2.24) is 10.3 Å². The summed E-state index contributed by atoms with van der Waals surface area (Å²) in [6.45, 7) is 3.19. The van der Waals surface area contributed by atoms with Gasteiger partial charge in [-0.3, -0.25) is 0 Å². The third-order valence-electron chi connectivity index (χ3n) is 5.04. The highest BCUT2D eigenvalue weighted by atomic mass is 16.5. The molecule has 4 rings (SSSR count). The molecule has 0 bridgehead atoms. The Morgan fingerprint density at radius 2 is 1.96 bits per heavy atom. The fourth-order valence-electron chi connectivity index (χ4n) is 3.64. The summed E-state index contributed by atoms with van der Waals surface area (Å²) in [4.78, 5) is 4.59. The number of rotatable bonds is 4. The van der Waals surface area contributed by atoms with Gasteiger partial charge in [-0.2, -0.15) is 0 Å². The van der Waals surface area contributed by atoms with E-state index < -0.39 is 0 Å². The summed E-state index contributed by atoms with van der Waals surface area (Å²) in [5.74, 6) is 0.681. The lowest BCUT2D eigenvalue weighted by Crippen LogP contribution is -2.49. The average Bonchev–Trinajstić information content (AvgIpc) is 3.11. The Hall–Kier alpha value is -1.69. The van der Waals surface area contributed by atoms with Crippen LogP contribution in [0.4, 0.5) is 0 Å². The lowest BCUT2D eigenvalue weighted by molar-refractivity contribution is -0.140. The van der Waals surface area contributed by atoms with Gasteiger partial charge in [0.2, 0.25) is 5.89 Å². The van der Waals surface area contributed by atoms with Gasteiger partial charge < -0.3 is 19.2 Å². The van der Waals surface area contributed by atoms with E-state index in [1.807, 2.05) is 30.3 Å². The van der Waals surface area contributed by atoms with E-state index in [1.54, 1.807) is 6.26 Å². The van der Waals surface area contributed by atoms with Crippen molar-refractivity contribution < 1.29 is 13.9 Å². The van der Waals surface area contributed by atoms with Gasteiger partial charge in [0.25, 0.3) is 0 Å². The first-order chi connectivity index (χ1) is 11.8. The highest BCUT2D eigenvalue weighted by Gasteiger charge is 2.38. The van der Waals surface area contributed by atoms with E-state index in [-0.39, 0.29) is 5.60 Å². The van der Waals surface area contributed by atoms with Crippen molar-refractivity contribution in [2.24, 2.45) is 0 Å². The molecule has 0 saturated carbocycles. The monoisotopic (exact) mass is 328 g/mol. The van der Waals surface area contributed by atoms with Gasteiger partial charge in [-0.05, 0) is 37.8 Å². The van der Waals surface area contributed by atoms with Crippen LogP contribution >= 0.6 is 0 Å². The normalized spacial score (nSPS) is 23.4. The van der Waals surface area contributed by atoms with E-state index in [1.165, 1.54) is 0 Å². The molecule has 1 N–H and O–H groups in total. The van der Waals surface area contributed by atoms with Crippen LogP contribution in [0.3, 0.4) is 0 Å². The fraction of sp³-hybridized carbons (Fsp3) is 0.526. The molecule has 0 radical (unpaired) electrons. The maximum absolute atomic E-state index is 6.10. The van der Waals surface area contributed by atoms with E-state index in [0.717, 1.165) is 63.3 Å². The number of hydrogen-bond donors (Lipinski definition) is 1. The molecular formula is C19H24N2O3. The first-order valence-corrected chi connectivity index (χ1v) is 8.78. The minimum absolute atomic E-state index is 0.0210. The molecule has 1 aromatic heterocycles. The number of oxazole rings is 1. The third kappa shape index (κ3) is 3.53. The molecule has 5 nitrogen and oxygen atoms in total. The average molecular weight is 328 g/mol. The number of benzene rings is 1. The van der Waals surface area contributed by atoms with Gasteiger partial charge in [-0.25, -0.2) is 4.98 Å². The Bertz CT molecular complexity index is 644. The van der Waals surface area contributed by atoms with Crippen LogP contribution in [0, 0.1) is 0 Å². The van der Waals surface area contributed by atoms with E-state index in [0.29, 0.717) is 11.9 Å². The molecule has 0 aliphatic carbocycles. The molecule has 2 aromatic rings. The Morgan fingerprint density at radius 1 is 1.12 bits per heavy atom. The van der Waals surface area contributed by atoms with Crippen LogP contribution in [-0.4, -0.2) is 36.4 Å². The van der Waals surface area contributed by atoms with Crippen LogP contribution in [0.1, 0.15) is 31.4 Å². The number of nitrogens with one attached hydrogen (secondary N) is 1. The summed E-state index contributed by atoms with van der Waals surface area (Å²) in [7, 11) is 0. The van der Waals surface area contributed by atoms with E-state index in [9.17, 15) is 0 Å². The second-order valence-electron chi connectivity index (χ2n) is 6.72. The van der Waals surface area contributed by atoms with Crippen LogP contribution in [0.5, 0.6) is 0 Å². The van der Waals surface area contributed by atoms with Gasteiger partial charge in [0.1, 0.15) is 6.26 Å². The van der Waals surface area contributed by atoms with Crippen molar-refractivity contribution in [3.63, 3.8) is 0 Å². The number of ether oxygens (including phenoxy) is 2. The van der Waals surface area contributed by atoms with Gasteiger partial charge in [-0.1, -0.05) is 18.2 Å². The van der Waals surface area contributed by atoms with Crippen LogP contribution in [-0.2, 0) is 16.0 Å². The maximum atomic E-state index is 6.10. The van der Waals surface area contributed by atoms with Crippen LogP contribution in [0.25, 0.3) is 11.5 Å². The lowest BCUT2D eigenvalue weighted by Gasteiger charge is -2.43.